The van der Waals surface area contributed by atoms with Gasteiger partial charge in [-0.25, -0.2) is 0 Å². The highest BCUT2D eigenvalue weighted by molar-refractivity contribution is 6.42. The Morgan fingerprint density at radius 2 is 1.89 bits per heavy atom. The molecule has 1 nitrogen and oxygen atoms in total. The second-order valence-electron chi connectivity index (χ2n) is 4.86. The first-order valence-corrected chi connectivity index (χ1v) is 7.51. The van der Waals surface area contributed by atoms with Crippen LogP contribution in [0.1, 0.15) is 39.2 Å². The summed E-state index contributed by atoms with van der Waals surface area (Å²) in [5, 5.41) is 4.85. The molecule has 3 heteroatoms. The van der Waals surface area contributed by atoms with E-state index in [4.69, 9.17) is 23.2 Å². The van der Waals surface area contributed by atoms with Crippen molar-refractivity contribution in [2.24, 2.45) is 5.92 Å². The molecule has 102 valence electrons. The molecular weight excluding hydrogens is 265 g/mol. The zero-order valence-corrected chi connectivity index (χ0v) is 13.0. The van der Waals surface area contributed by atoms with E-state index in [1.807, 2.05) is 12.1 Å². The van der Waals surface area contributed by atoms with E-state index in [0.717, 1.165) is 19.4 Å². The Balaban J connectivity index is 2.64. The molecule has 18 heavy (non-hydrogen) atoms. The normalized spacial score (nSPS) is 14.5. The maximum Gasteiger partial charge on any atom is 0.0595 e. The third-order valence-electron chi connectivity index (χ3n) is 3.43. The van der Waals surface area contributed by atoms with Crippen molar-refractivity contribution in [3.05, 3.63) is 33.8 Å². The van der Waals surface area contributed by atoms with E-state index in [2.05, 4.69) is 32.2 Å². The van der Waals surface area contributed by atoms with Crippen LogP contribution < -0.4 is 5.32 Å². The van der Waals surface area contributed by atoms with Crippen molar-refractivity contribution >= 4 is 23.2 Å². The van der Waals surface area contributed by atoms with E-state index in [-0.39, 0.29) is 0 Å². The Morgan fingerprint density at radius 1 is 1.17 bits per heavy atom. The number of halogens is 2. The fraction of sp³-hybridized carbons (Fsp3) is 0.600. The van der Waals surface area contributed by atoms with E-state index in [0.29, 0.717) is 22.0 Å². The fourth-order valence-corrected chi connectivity index (χ4v) is 2.50. The lowest BCUT2D eigenvalue weighted by atomic mass is 9.91. The van der Waals surface area contributed by atoms with Crippen LogP contribution in [0.5, 0.6) is 0 Å². The Hall–Kier alpha value is -0.240. The first kappa shape index (κ1) is 15.8. The van der Waals surface area contributed by atoms with Gasteiger partial charge in [0.25, 0.3) is 0 Å². The van der Waals surface area contributed by atoms with Gasteiger partial charge in [0.15, 0.2) is 0 Å². The SMILES string of the molecule is CCCNC(C)C(CC)Cc1ccc(Cl)c(Cl)c1. The van der Waals surface area contributed by atoms with E-state index in [9.17, 15) is 0 Å². The van der Waals surface area contributed by atoms with Gasteiger partial charge in [-0.3, -0.25) is 0 Å². The van der Waals surface area contributed by atoms with E-state index in [1.54, 1.807) is 0 Å². The average Bonchev–Trinajstić information content (AvgIpc) is 2.37. The quantitative estimate of drug-likeness (QED) is 0.748. The third-order valence-corrected chi connectivity index (χ3v) is 4.17. The van der Waals surface area contributed by atoms with Crippen molar-refractivity contribution in [2.75, 3.05) is 6.54 Å². The molecule has 2 unspecified atom stereocenters. The Kier molecular flexibility index (Phi) is 7.06. The van der Waals surface area contributed by atoms with Crippen molar-refractivity contribution in [3.8, 4) is 0 Å². The molecule has 0 spiro atoms. The Bertz CT molecular complexity index is 366. The number of nitrogens with one attached hydrogen (secondary N) is 1. The maximum absolute atomic E-state index is 6.06. The minimum atomic E-state index is 0.532. The first-order chi connectivity index (χ1) is 8.58. The monoisotopic (exact) mass is 287 g/mol. The maximum atomic E-state index is 6.06. The van der Waals surface area contributed by atoms with Crippen LogP contribution in [0.2, 0.25) is 10.0 Å². The van der Waals surface area contributed by atoms with Crippen LogP contribution in [0.15, 0.2) is 18.2 Å². The number of hydrogen-bond acceptors (Lipinski definition) is 1. The highest BCUT2D eigenvalue weighted by atomic mass is 35.5. The summed E-state index contributed by atoms with van der Waals surface area (Å²) in [6, 6.07) is 6.47. The van der Waals surface area contributed by atoms with Crippen LogP contribution in [-0.4, -0.2) is 12.6 Å². The first-order valence-electron chi connectivity index (χ1n) is 6.75. The zero-order chi connectivity index (χ0) is 13.5. The van der Waals surface area contributed by atoms with Crippen molar-refractivity contribution in [1.82, 2.24) is 5.32 Å². The lowest BCUT2D eigenvalue weighted by Gasteiger charge is -2.24. The summed E-state index contributed by atoms with van der Waals surface area (Å²) in [4.78, 5) is 0. The van der Waals surface area contributed by atoms with Crippen molar-refractivity contribution < 1.29 is 0 Å². The predicted molar refractivity (Wildman–Crippen MR) is 81.7 cm³/mol. The second kappa shape index (κ2) is 8.04. The summed E-state index contributed by atoms with van der Waals surface area (Å²) >= 11 is 12.0. The third kappa shape index (κ3) is 4.79. The van der Waals surface area contributed by atoms with Crippen LogP contribution in [0.4, 0.5) is 0 Å². The molecule has 0 fully saturated rings. The molecular formula is C15H23Cl2N. The summed E-state index contributed by atoms with van der Waals surface area (Å²) in [6.07, 6.45) is 3.39. The molecule has 0 aliphatic carbocycles. The smallest absolute Gasteiger partial charge is 0.0595 e. The van der Waals surface area contributed by atoms with Gasteiger partial charge in [0, 0.05) is 6.04 Å². The van der Waals surface area contributed by atoms with Gasteiger partial charge in [0.2, 0.25) is 0 Å². The Labute approximate surface area is 121 Å². The molecule has 0 aromatic heterocycles. The molecule has 1 aromatic rings. The van der Waals surface area contributed by atoms with Crippen LogP contribution in [0, 0.1) is 5.92 Å². The fourth-order valence-electron chi connectivity index (χ4n) is 2.18. The van der Waals surface area contributed by atoms with Crippen LogP contribution in [0.25, 0.3) is 0 Å². The summed E-state index contributed by atoms with van der Waals surface area (Å²) in [5.41, 5.74) is 1.27. The predicted octanol–water partition coefficient (Wildman–Crippen LogP) is 4.95. The van der Waals surface area contributed by atoms with Gasteiger partial charge in [-0.15, -0.1) is 0 Å². The minimum absolute atomic E-state index is 0.532. The summed E-state index contributed by atoms with van der Waals surface area (Å²) in [7, 11) is 0. The summed E-state index contributed by atoms with van der Waals surface area (Å²) in [6.45, 7) is 7.78. The molecule has 0 bridgehead atoms. The van der Waals surface area contributed by atoms with Gasteiger partial charge in [0.05, 0.1) is 10.0 Å². The van der Waals surface area contributed by atoms with Crippen LogP contribution >= 0.6 is 23.2 Å². The Morgan fingerprint density at radius 3 is 2.44 bits per heavy atom. The molecule has 0 amide bonds. The molecule has 0 heterocycles. The van der Waals surface area contributed by atoms with Gasteiger partial charge in [-0.05, 0) is 49.9 Å². The van der Waals surface area contributed by atoms with Crippen molar-refractivity contribution in [3.63, 3.8) is 0 Å². The van der Waals surface area contributed by atoms with Crippen molar-refractivity contribution in [2.45, 2.75) is 46.1 Å². The molecule has 0 saturated carbocycles. The molecule has 1 rings (SSSR count). The summed E-state index contributed by atoms with van der Waals surface area (Å²) < 4.78 is 0. The summed E-state index contributed by atoms with van der Waals surface area (Å²) in [5.74, 6) is 0.633. The standard InChI is InChI=1S/C15H23Cl2N/c1-4-8-18-11(3)13(5-2)9-12-6-7-14(16)15(17)10-12/h6-7,10-11,13,18H,4-5,8-9H2,1-3H3. The number of rotatable bonds is 7. The van der Waals surface area contributed by atoms with Crippen LogP contribution in [0.3, 0.4) is 0 Å². The van der Waals surface area contributed by atoms with Crippen molar-refractivity contribution in [1.29, 1.82) is 0 Å². The highest BCUT2D eigenvalue weighted by Gasteiger charge is 2.15. The van der Waals surface area contributed by atoms with Gasteiger partial charge in [-0.1, -0.05) is 49.5 Å². The molecule has 0 saturated heterocycles. The van der Waals surface area contributed by atoms with Gasteiger partial charge >= 0.3 is 0 Å². The number of benzene rings is 1. The van der Waals surface area contributed by atoms with Gasteiger partial charge in [-0.2, -0.15) is 0 Å². The van der Waals surface area contributed by atoms with Gasteiger partial charge in [0.1, 0.15) is 0 Å². The molecule has 1 aromatic carbocycles. The second-order valence-corrected chi connectivity index (χ2v) is 5.68. The topological polar surface area (TPSA) is 12.0 Å². The molecule has 1 N–H and O–H groups in total. The number of hydrogen-bond donors (Lipinski definition) is 1. The zero-order valence-electron chi connectivity index (χ0n) is 11.5. The minimum Gasteiger partial charge on any atom is -0.314 e. The van der Waals surface area contributed by atoms with Crippen LogP contribution in [-0.2, 0) is 6.42 Å². The van der Waals surface area contributed by atoms with E-state index in [1.165, 1.54) is 12.0 Å². The molecule has 0 radical (unpaired) electrons. The van der Waals surface area contributed by atoms with Gasteiger partial charge < -0.3 is 5.32 Å². The average molecular weight is 288 g/mol. The van der Waals surface area contributed by atoms with E-state index >= 15 is 0 Å². The molecule has 2 atom stereocenters. The van der Waals surface area contributed by atoms with E-state index < -0.39 is 0 Å². The lowest BCUT2D eigenvalue weighted by Crippen LogP contribution is -2.34. The highest BCUT2D eigenvalue weighted by Crippen LogP contribution is 2.25. The molecule has 0 aliphatic rings. The lowest BCUT2D eigenvalue weighted by molar-refractivity contribution is 0.362. The largest absolute Gasteiger partial charge is 0.314 e. The molecule has 0 aliphatic heterocycles.